The first-order chi connectivity index (χ1) is 12.8. The van der Waals surface area contributed by atoms with Gasteiger partial charge in [0.1, 0.15) is 17.1 Å². The number of fused-ring (bicyclic) bond motifs is 1. The third-order valence-corrected chi connectivity index (χ3v) is 5.12. The molecule has 0 radical (unpaired) electrons. The van der Waals surface area contributed by atoms with Crippen LogP contribution in [0, 0.1) is 20.8 Å². The molecule has 5 heteroatoms. The molecule has 0 aliphatic carbocycles. The number of benzene rings is 2. The van der Waals surface area contributed by atoms with Gasteiger partial charge in [-0.25, -0.2) is 0 Å². The van der Waals surface area contributed by atoms with Crippen molar-refractivity contribution in [1.29, 1.82) is 0 Å². The van der Waals surface area contributed by atoms with Gasteiger partial charge < -0.3 is 14.5 Å². The number of ether oxygens (including phenoxy) is 1. The predicted octanol–water partition coefficient (Wildman–Crippen LogP) is 6.06. The molecule has 4 nitrogen and oxygen atoms in total. The van der Waals surface area contributed by atoms with Crippen molar-refractivity contribution in [3.63, 3.8) is 0 Å². The first-order valence-corrected chi connectivity index (χ1v) is 9.01. The first kappa shape index (κ1) is 19.1. The third-order valence-electron chi connectivity index (χ3n) is 4.71. The van der Waals surface area contributed by atoms with Gasteiger partial charge in [0.05, 0.1) is 7.11 Å². The van der Waals surface area contributed by atoms with E-state index in [1.54, 1.807) is 19.3 Å². The molecule has 1 N–H and O–H groups in total. The van der Waals surface area contributed by atoms with E-state index >= 15 is 0 Å². The number of methoxy groups -OCH3 is 1. The van der Waals surface area contributed by atoms with Crippen LogP contribution in [-0.4, -0.2) is 13.0 Å². The molecule has 0 fully saturated rings. The number of hydrogen-bond donors (Lipinski definition) is 1. The lowest BCUT2D eigenvalue weighted by Gasteiger charge is -2.10. The minimum atomic E-state index is -0.227. The molecule has 0 aliphatic rings. The Hall–Kier alpha value is -2.72. The van der Waals surface area contributed by atoms with E-state index in [2.05, 4.69) is 5.32 Å². The van der Waals surface area contributed by atoms with E-state index in [-0.39, 0.29) is 5.91 Å². The van der Waals surface area contributed by atoms with Crippen molar-refractivity contribution in [3.05, 3.63) is 63.9 Å². The lowest BCUT2D eigenvalue weighted by Crippen LogP contribution is -2.08. The summed E-state index contributed by atoms with van der Waals surface area (Å²) in [6.07, 6.45) is 1.56. The zero-order chi connectivity index (χ0) is 19.7. The Morgan fingerprint density at radius 1 is 1.19 bits per heavy atom. The maximum absolute atomic E-state index is 12.4. The molecular weight excluding hydrogens is 362 g/mol. The summed E-state index contributed by atoms with van der Waals surface area (Å²) in [7, 11) is 1.61. The number of anilines is 1. The average Bonchev–Trinajstić information content (AvgIpc) is 2.90. The zero-order valence-electron chi connectivity index (χ0n) is 16.1. The van der Waals surface area contributed by atoms with Crippen molar-refractivity contribution in [2.75, 3.05) is 12.4 Å². The lowest BCUT2D eigenvalue weighted by atomic mass is 10.0. The second kappa shape index (κ2) is 7.49. The summed E-state index contributed by atoms with van der Waals surface area (Å²) in [6.45, 7) is 7.75. The van der Waals surface area contributed by atoms with E-state index in [9.17, 15) is 4.79 Å². The van der Waals surface area contributed by atoms with Crippen molar-refractivity contribution < 1.29 is 13.9 Å². The fourth-order valence-electron chi connectivity index (χ4n) is 2.97. The maximum Gasteiger partial charge on any atom is 0.248 e. The van der Waals surface area contributed by atoms with Gasteiger partial charge in [-0.1, -0.05) is 17.7 Å². The standard InChI is InChI=1S/C22H22ClNO3/c1-12-6-7-16(9-19(12)23)24-22(25)8-13(2)17-10-18-14(3)15(4)27-21(18)11-20(17)26-5/h6-11H,1-5H3,(H,24,25)/b13-8+. The van der Waals surface area contributed by atoms with Crippen LogP contribution >= 0.6 is 11.6 Å². The molecule has 0 saturated carbocycles. The lowest BCUT2D eigenvalue weighted by molar-refractivity contribution is -0.111. The Morgan fingerprint density at radius 3 is 2.59 bits per heavy atom. The SMILES string of the molecule is COc1cc2oc(C)c(C)c2cc1/C(C)=C/C(=O)Nc1ccc(C)c(Cl)c1. The molecule has 27 heavy (non-hydrogen) atoms. The molecule has 0 spiro atoms. The summed E-state index contributed by atoms with van der Waals surface area (Å²) in [5.41, 5.74) is 5.12. The number of rotatable bonds is 4. The Morgan fingerprint density at radius 2 is 1.93 bits per heavy atom. The van der Waals surface area contributed by atoms with E-state index in [1.807, 2.05) is 52.0 Å². The minimum Gasteiger partial charge on any atom is -0.496 e. The van der Waals surface area contributed by atoms with Gasteiger partial charge in [-0.05, 0) is 62.6 Å². The van der Waals surface area contributed by atoms with Crippen LogP contribution < -0.4 is 10.1 Å². The Labute approximate surface area is 163 Å². The van der Waals surface area contributed by atoms with E-state index in [0.717, 1.165) is 39.0 Å². The molecule has 0 atom stereocenters. The van der Waals surface area contributed by atoms with Crippen molar-refractivity contribution in [3.8, 4) is 5.75 Å². The summed E-state index contributed by atoms with van der Waals surface area (Å²) < 4.78 is 11.3. The molecule has 3 aromatic rings. The average molecular weight is 384 g/mol. The third kappa shape index (κ3) is 3.86. The zero-order valence-corrected chi connectivity index (χ0v) is 16.8. The molecule has 2 aromatic carbocycles. The van der Waals surface area contributed by atoms with Gasteiger partial charge in [0, 0.05) is 33.8 Å². The molecule has 1 heterocycles. The quantitative estimate of drug-likeness (QED) is 0.557. The van der Waals surface area contributed by atoms with Crippen LogP contribution in [0.15, 0.2) is 40.8 Å². The molecular formula is C22H22ClNO3. The number of nitrogens with one attached hydrogen (secondary N) is 1. The molecule has 0 unspecified atom stereocenters. The van der Waals surface area contributed by atoms with Gasteiger partial charge in [0.25, 0.3) is 0 Å². The van der Waals surface area contributed by atoms with Crippen molar-refractivity contribution in [2.24, 2.45) is 0 Å². The highest BCUT2D eigenvalue weighted by atomic mass is 35.5. The fourth-order valence-corrected chi connectivity index (χ4v) is 3.15. The highest BCUT2D eigenvalue weighted by Crippen LogP contribution is 2.34. The van der Waals surface area contributed by atoms with Gasteiger partial charge in [-0.2, -0.15) is 0 Å². The number of aryl methyl sites for hydroxylation is 3. The number of hydrogen-bond acceptors (Lipinski definition) is 3. The second-order valence-electron chi connectivity index (χ2n) is 6.61. The predicted molar refractivity (Wildman–Crippen MR) is 111 cm³/mol. The molecule has 0 aliphatic heterocycles. The topological polar surface area (TPSA) is 51.5 Å². The van der Waals surface area contributed by atoms with Gasteiger partial charge in [-0.3, -0.25) is 4.79 Å². The van der Waals surface area contributed by atoms with E-state index < -0.39 is 0 Å². The number of carbonyl (C=O) groups excluding carboxylic acids is 1. The van der Waals surface area contributed by atoms with E-state index in [4.69, 9.17) is 20.8 Å². The van der Waals surface area contributed by atoms with Gasteiger partial charge in [-0.15, -0.1) is 0 Å². The van der Waals surface area contributed by atoms with Crippen LogP contribution in [0.25, 0.3) is 16.5 Å². The number of halogens is 1. The smallest absolute Gasteiger partial charge is 0.248 e. The van der Waals surface area contributed by atoms with Crippen molar-refractivity contribution in [2.45, 2.75) is 27.7 Å². The van der Waals surface area contributed by atoms with Crippen LogP contribution in [0.1, 0.15) is 29.4 Å². The Balaban J connectivity index is 1.93. The van der Waals surface area contributed by atoms with Crippen LogP contribution in [0.5, 0.6) is 5.75 Å². The number of allylic oxidation sites excluding steroid dienone is 1. The van der Waals surface area contributed by atoms with E-state index in [1.165, 1.54) is 0 Å². The second-order valence-corrected chi connectivity index (χ2v) is 7.02. The largest absolute Gasteiger partial charge is 0.496 e. The maximum atomic E-state index is 12.4. The molecule has 1 aromatic heterocycles. The minimum absolute atomic E-state index is 0.227. The monoisotopic (exact) mass is 383 g/mol. The molecule has 3 rings (SSSR count). The summed E-state index contributed by atoms with van der Waals surface area (Å²) in [5.74, 6) is 1.31. The molecule has 140 valence electrons. The molecule has 0 bridgehead atoms. The Kier molecular flexibility index (Phi) is 5.29. The first-order valence-electron chi connectivity index (χ1n) is 8.63. The van der Waals surface area contributed by atoms with Crippen LogP contribution in [0.3, 0.4) is 0 Å². The van der Waals surface area contributed by atoms with Crippen molar-refractivity contribution in [1.82, 2.24) is 0 Å². The van der Waals surface area contributed by atoms with Gasteiger partial charge >= 0.3 is 0 Å². The Bertz CT molecular complexity index is 1060. The highest BCUT2D eigenvalue weighted by molar-refractivity contribution is 6.31. The van der Waals surface area contributed by atoms with Crippen LogP contribution in [-0.2, 0) is 4.79 Å². The van der Waals surface area contributed by atoms with Gasteiger partial charge in [0.15, 0.2) is 0 Å². The highest BCUT2D eigenvalue weighted by Gasteiger charge is 2.14. The normalized spacial score (nSPS) is 11.7. The van der Waals surface area contributed by atoms with E-state index in [0.29, 0.717) is 16.5 Å². The van der Waals surface area contributed by atoms with Crippen LogP contribution in [0.2, 0.25) is 5.02 Å². The molecule has 0 saturated heterocycles. The van der Waals surface area contributed by atoms with Gasteiger partial charge in [0.2, 0.25) is 5.91 Å². The summed E-state index contributed by atoms with van der Waals surface area (Å²) in [4.78, 5) is 12.4. The fraction of sp³-hybridized carbons (Fsp3) is 0.227. The summed E-state index contributed by atoms with van der Waals surface area (Å²) >= 11 is 6.12. The number of furan rings is 1. The summed E-state index contributed by atoms with van der Waals surface area (Å²) in [6, 6.07) is 9.30. The summed E-state index contributed by atoms with van der Waals surface area (Å²) in [5, 5.41) is 4.47. The molecule has 1 amide bonds. The number of carbonyl (C=O) groups is 1. The van der Waals surface area contributed by atoms with Crippen molar-refractivity contribution >= 4 is 39.7 Å². The number of amides is 1. The van der Waals surface area contributed by atoms with Crippen LogP contribution in [0.4, 0.5) is 5.69 Å².